The summed E-state index contributed by atoms with van der Waals surface area (Å²) in [5, 5.41) is 0. The fraction of sp³-hybridized carbons (Fsp3) is 0.138. The first-order valence-corrected chi connectivity index (χ1v) is 10.9. The van der Waals surface area contributed by atoms with Gasteiger partial charge in [-0.3, -0.25) is 0 Å². The molecule has 0 aliphatic rings. The highest BCUT2D eigenvalue weighted by atomic mass is 16.5. The minimum absolute atomic E-state index is 0.842. The Morgan fingerprint density at radius 3 is 2.00 bits per heavy atom. The third-order valence-electron chi connectivity index (χ3n) is 5.95. The number of aryl methyl sites for hydroxylation is 2. The SMILES string of the molecule is COc1ccc(-c2cn3c(Cc4ccc(C)cc4)ccc3c(-c3ccc(C)cc3)n2)cc1. The minimum atomic E-state index is 0.842. The van der Waals surface area contributed by atoms with Crippen LogP contribution < -0.4 is 4.74 Å². The van der Waals surface area contributed by atoms with Crippen molar-refractivity contribution in [3.63, 3.8) is 0 Å². The molecule has 0 aliphatic carbocycles. The van der Waals surface area contributed by atoms with Crippen LogP contribution in [0.4, 0.5) is 0 Å². The number of nitrogens with zero attached hydrogens (tertiary/aromatic N) is 2. The molecule has 0 unspecified atom stereocenters. The Morgan fingerprint density at radius 2 is 1.34 bits per heavy atom. The van der Waals surface area contributed by atoms with Gasteiger partial charge in [0.25, 0.3) is 0 Å². The minimum Gasteiger partial charge on any atom is -0.497 e. The first-order chi connectivity index (χ1) is 15.6. The van der Waals surface area contributed by atoms with Crippen LogP contribution in [-0.4, -0.2) is 16.5 Å². The molecule has 0 amide bonds. The van der Waals surface area contributed by atoms with E-state index in [1.165, 1.54) is 22.4 Å². The van der Waals surface area contributed by atoms with Gasteiger partial charge in [-0.2, -0.15) is 0 Å². The van der Waals surface area contributed by atoms with Crippen LogP contribution in [0.3, 0.4) is 0 Å². The number of benzene rings is 3. The molecule has 0 saturated carbocycles. The Bertz CT molecular complexity index is 1360. The molecule has 0 atom stereocenters. The Hall–Kier alpha value is -3.85. The van der Waals surface area contributed by atoms with Crippen LogP contribution in [-0.2, 0) is 6.42 Å². The fourth-order valence-corrected chi connectivity index (χ4v) is 4.05. The number of fused-ring (bicyclic) bond motifs is 1. The van der Waals surface area contributed by atoms with E-state index in [4.69, 9.17) is 9.72 Å². The average molecular weight is 419 g/mol. The topological polar surface area (TPSA) is 26.5 Å². The monoisotopic (exact) mass is 418 g/mol. The van der Waals surface area contributed by atoms with Crippen molar-refractivity contribution in [1.82, 2.24) is 9.38 Å². The molecular formula is C29H26N2O. The predicted molar refractivity (Wildman–Crippen MR) is 131 cm³/mol. The van der Waals surface area contributed by atoms with Crippen molar-refractivity contribution in [1.29, 1.82) is 0 Å². The predicted octanol–water partition coefficient (Wildman–Crippen LogP) is 6.88. The third-order valence-corrected chi connectivity index (χ3v) is 5.95. The quantitative estimate of drug-likeness (QED) is 0.311. The molecule has 0 N–H and O–H groups in total. The Morgan fingerprint density at radius 1 is 0.719 bits per heavy atom. The van der Waals surface area contributed by atoms with Crippen LogP contribution >= 0.6 is 0 Å². The number of ether oxygens (including phenoxy) is 1. The van der Waals surface area contributed by atoms with Gasteiger partial charge in [-0.15, -0.1) is 0 Å². The summed E-state index contributed by atoms with van der Waals surface area (Å²) in [6.45, 7) is 4.23. The molecule has 0 spiro atoms. The average Bonchev–Trinajstić information content (AvgIpc) is 3.23. The standard InChI is InChI=1S/C29H26N2O/c1-20-4-8-22(9-5-20)18-25-14-17-28-29(24-10-6-21(2)7-11-24)30-27(19-31(25)28)23-12-15-26(32-3)16-13-23/h4-17,19H,18H2,1-3H3. The molecule has 2 aromatic heterocycles. The lowest BCUT2D eigenvalue weighted by molar-refractivity contribution is 0.415. The van der Waals surface area contributed by atoms with Gasteiger partial charge in [0.15, 0.2) is 0 Å². The van der Waals surface area contributed by atoms with E-state index in [-0.39, 0.29) is 0 Å². The maximum absolute atomic E-state index is 5.34. The van der Waals surface area contributed by atoms with Gasteiger partial charge in [0.1, 0.15) is 5.75 Å². The lowest BCUT2D eigenvalue weighted by Crippen LogP contribution is -2.00. The van der Waals surface area contributed by atoms with Gasteiger partial charge in [0, 0.05) is 29.4 Å². The Kier molecular flexibility index (Phi) is 5.24. The van der Waals surface area contributed by atoms with E-state index in [1.807, 2.05) is 12.1 Å². The van der Waals surface area contributed by atoms with E-state index in [2.05, 4.69) is 97.2 Å². The first-order valence-electron chi connectivity index (χ1n) is 10.9. The highest BCUT2D eigenvalue weighted by Gasteiger charge is 2.13. The summed E-state index contributed by atoms with van der Waals surface area (Å²) in [6.07, 6.45) is 3.02. The maximum atomic E-state index is 5.34. The molecule has 32 heavy (non-hydrogen) atoms. The zero-order chi connectivity index (χ0) is 22.1. The smallest absolute Gasteiger partial charge is 0.118 e. The van der Waals surface area contributed by atoms with Crippen molar-refractivity contribution >= 4 is 5.52 Å². The zero-order valence-electron chi connectivity index (χ0n) is 18.7. The molecule has 158 valence electrons. The van der Waals surface area contributed by atoms with Crippen LogP contribution in [0.5, 0.6) is 5.75 Å². The van der Waals surface area contributed by atoms with E-state index < -0.39 is 0 Å². The van der Waals surface area contributed by atoms with Gasteiger partial charge < -0.3 is 9.14 Å². The van der Waals surface area contributed by atoms with E-state index in [1.54, 1.807) is 7.11 Å². The summed E-state index contributed by atoms with van der Waals surface area (Å²) in [6, 6.07) is 29.9. The number of hydrogen-bond donors (Lipinski definition) is 0. The highest BCUT2D eigenvalue weighted by molar-refractivity contribution is 5.80. The molecule has 0 fully saturated rings. The summed E-state index contributed by atoms with van der Waals surface area (Å²) >= 11 is 0. The molecule has 3 nitrogen and oxygen atoms in total. The van der Waals surface area contributed by atoms with Crippen LogP contribution in [0.2, 0.25) is 0 Å². The van der Waals surface area contributed by atoms with Crippen molar-refractivity contribution in [2.24, 2.45) is 0 Å². The number of aromatic nitrogens is 2. The molecule has 5 aromatic rings. The van der Waals surface area contributed by atoms with Crippen LogP contribution in [0.25, 0.3) is 28.0 Å². The Labute approximate surface area is 189 Å². The van der Waals surface area contributed by atoms with Gasteiger partial charge >= 0.3 is 0 Å². The summed E-state index contributed by atoms with van der Waals surface area (Å²) in [4.78, 5) is 5.10. The van der Waals surface area contributed by atoms with Gasteiger partial charge in [-0.25, -0.2) is 4.98 Å². The second kappa shape index (κ2) is 8.35. The normalized spacial score (nSPS) is 11.1. The molecule has 0 aliphatic heterocycles. The lowest BCUT2D eigenvalue weighted by atomic mass is 10.1. The molecular weight excluding hydrogens is 392 g/mol. The summed E-state index contributed by atoms with van der Waals surface area (Å²) in [5.41, 5.74) is 10.3. The number of rotatable bonds is 5. The largest absolute Gasteiger partial charge is 0.497 e. The van der Waals surface area contributed by atoms with Crippen LogP contribution in [0, 0.1) is 13.8 Å². The third kappa shape index (κ3) is 3.90. The van der Waals surface area contributed by atoms with Gasteiger partial charge in [-0.1, -0.05) is 59.7 Å². The van der Waals surface area contributed by atoms with Crippen LogP contribution in [0.15, 0.2) is 91.1 Å². The van der Waals surface area contributed by atoms with Crippen molar-refractivity contribution in [3.8, 4) is 28.3 Å². The van der Waals surface area contributed by atoms with Gasteiger partial charge in [-0.05, 0) is 55.8 Å². The van der Waals surface area contributed by atoms with E-state index in [0.29, 0.717) is 0 Å². The summed E-state index contributed by atoms with van der Waals surface area (Å²) in [5.74, 6) is 0.842. The van der Waals surface area contributed by atoms with E-state index in [0.717, 1.165) is 40.2 Å². The van der Waals surface area contributed by atoms with Crippen molar-refractivity contribution in [3.05, 3.63) is 114 Å². The molecule has 0 radical (unpaired) electrons. The van der Waals surface area contributed by atoms with Crippen LogP contribution in [0.1, 0.15) is 22.4 Å². The van der Waals surface area contributed by atoms with Gasteiger partial charge in [0.05, 0.1) is 24.0 Å². The maximum Gasteiger partial charge on any atom is 0.118 e. The van der Waals surface area contributed by atoms with Crippen molar-refractivity contribution in [2.45, 2.75) is 20.3 Å². The molecule has 3 aromatic carbocycles. The van der Waals surface area contributed by atoms with E-state index >= 15 is 0 Å². The molecule has 0 saturated heterocycles. The fourth-order valence-electron chi connectivity index (χ4n) is 4.05. The summed E-state index contributed by atoms with van der Waals surface area (Å²) < 4.78 is 7.63. The molecule has 2 heterocycles. The zero-order valence-corrected chi connectivity index (χ0v) is 18.7. The second-order valence-corrected chi connectivity index (χ2v) is 8.31. The number of hydrogen-bond acceptors (Lipinski definition) is 2. The highest BCUT2D eigenvalue weighted by Crippen LogP contribution is 2.30. The lowest BCUT2D eigenvalue weighted by Gasteiger charge is -2.12. The number of methoxy groups -OCH3 is 1. The van der Waals surface area contributed by atoms with Gasteiger partial charge in [0.2, 0.25) is 0 Å². The first kappa shape index (κ1) is 20.1. The molecule has 0 bridgehead atoms. The van der Waals surface area contributed by atoms with Crippen molar-refractivity contribution < 1.29 is 4.74 Å². The van der Waals surface area contributed by atoms with Crippen molar-refractivity contribution in [2.75, 3.05) is 7.11 Å². The molecule has 5 rings (SSSR count). The van der Waals surface area contributed by atoms with E-state index in [9.17, 15) is 0 Å². The Balaban J connectivity index is 1.67. The summed E-state index contributed by atoms with van der Waals surface area (Å²) in [7, 11) is 1.69. The second-order valence-electron chi connectivity index (χ2n) is 8.31. The molecule has 3 heteroatoms.